The molecule has 202 valence electrons. The molecule has 4 aromatic rings. The molecule has 0 spiro atoms. The largest absolute Gasteiger partial charge is 0.491 e. The maximum atomic E-state index is 10.6. The molecule has 6 nitrogen and oxygen atoms in total. The third-order valence-corrected chi connectivity index (χ3v) is 6.70. The van der Waals surface area contributed by atoms with Gasteiger partial charge in [-0.15, -0.1) is 0 Å². The number of ether oxygens (including phenoxy) is 4. The molecule has 0 saturated heterocycles. The monoisotopic (exact) mass is 546 g/mol. The van der Waals surface area contributed by atoms with Crippen LogP contribution in [0.3, 0.4) is 0 Å². The number of hydrogen-bond donors (Lipinski definition) is 2. The lowest BCUT2D eigenvalue weighted by molar-refractivity contribution is 0.0616. The van der Waals surface area contributed by atoms with Crippen molar-refractivity contribution in [2.45, 2.75) is 25.0 Å². The smallest absolute Gasteiger partial charge is 0.131 e. The van der Waals surface area contributed by atoms with Gasteiger partial charge < -0.3 is 29.2 Å². The highest BCUT2D eigenvalue weighted by Gasteiger charge is 2.25. The zero-order chi connectivity index (χ0) is 27.0. The second-order valence-electron chi connectivity index (χ2n) is 9.37. The molecule has 0 heterocycles. The number of allylic oxidation sites excluding steroid dienone is 2. The number of fused-ring (bicyclic) bond motifs is 2. The van der Waals surface area contributed by atoms with Gasteiger partial charge in [-0.05, 0) is 30.7 Å². The third-order valence-electron chi connectivity index (χ3n) is 6.41. The van der Waals surface area contributed by atoms with Gasteiger partial charge in [0.1, 0.15) is 61.6 Å². The van der Waals surface area contributed by atoms with Crippen molar-refractivity contribution in [1.29, 1.82) is 0 Å². The third kappa shape index (κ3) is 6.84. The Morgan fingerprint density at radius 2 is 1.03 bits per heavy atom. The van der Waals surface area contributed by atoms with Gasteiger partial charge in [-0.1, -0.05) is 78.3 Å². The highest BCUT2D eigenvalue weighted by atomic mass is 35.5. The van der Waals surface area contributed by atoms with E-state index >= 15 is 0 Å². The maximum absolute atomic E-state index is 10.6. The molecule has 0 fully saturated rings. The zero-order valence-corrected chi connectivity index (χ0v) is 22.2. The molecule has 4 aromatic carbocycles. The van der Waals surface area contributed by atoms with Crippen LogP contribution in [0.5, 0.6) is 23.0 Å². The molecule has 0 bridgehead atoms. The Bertz CT molecular complexity index is 1410. The first-order valence-electron chi connectivity index (χ1n) is 13.0. The summed E-state index contributed by atoms with van der Waals surface area (Å²) in [6.07, 6.45) is 1.38. The normalized spacial score (nSPS) is 14.2. The number of benzene rings is 4. The van der Waals surface area contributed by atoms with Crippen LogP contribution in [0, 0.1) is 0 Å². The first kappa shape index (κ1) is 26.9. The van der Waals surface area contributed by atoms with Gasteiger partial charge in [-0.2, -0.15) is 0 Å². The lowest BCUT2D eigenvalue weighted by Gasteiger charge is -2.25. The summed E-state index contributed by atoms with van der Waals surface area (Å²) in [5, 5.41) is 23.6. The quantitative estimate of drug-likeness (QED) is 0.237. The Balaban J connectivity index is 1.33. The minimum absolute atomic E-state index is 0.0559. The molecule has 2 N–H and O–H groups in total. The molecule has 39 heavy (non-hydrogen) atoms. The number of rotatable bonds is 12. The van der Waals surface area contributed by atoms with Gasteiger partial charge in [-0.3, -0.25) is 0 Å². The summed E-state index contributed by atoms with van der Waals surface area (Å²) in [6, 6.07) is 26.5. The van der Waals surface area contributed by atoms with Crippen LogP contribution in [0.15, 0.2) is 96.0 Å². The van der Waals surface area contributed by atoms with Crippen LogP contribution in [0.1, 0.15) is 11.1 Å². The Labute approximate surface area is 233 Å². The number of halogens is 1. The molecule has 0 radical (unpaired) electrons. The lowest BCUT2D eigenvalue weighted by Crippen LogP contribution is -2.26. The number of para-hydroxylation sites is 2. The van der Waals surface area contributed by atoms with Crippen LogP contribution in [0.2, 0.25) is 0 Å². The number of aliphatic hydroxyl groups excluding tert-OH is 2. The van der Waals surface area contributed by atoms with Crippen LogP contribution in [0.4, 0.5) is 0 Å². The van der Waals surface area contributed by atoms with E-state index in [1.165, 1.54) is 0 Å². The van der Waals surface area contributed by atoms with E-state index < -0.39 is 12.2 Å². The van der Waals surface area contributed by atoms with Gasteiger partial charge in [0.25, 0.3) is 0 Å². The predicted octanol–water partition coefficient (Wildman–Crippen LogP) is 5.70. The average molecular weight is 547 g/mol. The molecular weight excluding hydrogens is 516 g/mol. The highest BCUT2D eigenvalue weighted by molar-refractivity contribution is 6.30. The van der Waals surface area contributed by atoms with Crippen molar-refractivity contribution in [3.63, 3.8) is 0 Å². The van der Waals surface area contributed by atoms with Crippen LogP contribution < -0.4 is 18.9 Å². The van der Waals surface area contributed by atoms with Crippen LogP contribution >= 0.6 is 11.6 Å². The summed E-state index contributed by atoms with van der Waals surface area (Å²) in [7, 11) is 0. The van der Waals surface area contributed by atoms with Gasteiger partial charge in [0.05, 0.1) is 0 Å². The molecule has 0 amide bonds. The Kier molecular flexibility index (Phi) is 8.89. The fourth-order valence-electron chi connectivity index (χ4n) is 4.54. The molecule has 2 unspecified atom stereocenters. The molecule has 5 rings (SSSR count). The summed E-state index contributed by atoms with van der Waals surface area (Å²) >= 11 is 6.47. The van der Waals surface area contributed by atoms with Gasteiger partial charge >= 0.3 is 0 Å². The van der Waals surface area contributed by atoms with Crippen molar-refractivity contribution in [3.05, 3.63) is 107 Å². The SMILES string of the molecule is OC(COc1ccccc1)COc1c2c(c(OCC(O)COc3ccccc3)c3ccccc13)CC(Cl)=CC2. The molecule has 0 aromatic heterocycles. The molecule has 2 atom stereocenters. The van der Waals surface area contributed by atoms with Crippen molar-refractivity contribution in [1.82, 2.24) is 0 Å². The molecule has 0 aliphatic heterocycles. The second kappa shape index (κ2) is 12.9. The van der Waals surface area contributed by atoms with Crippen molar-refractivity contribution in [2.24, 2.45) is 0 Å². The van der Waals surface area contributed by atoms with E-state index in [4.69, 9.17) is 30.5 Å². The fourth-order valence-corrected chi connectivity index (χ4v) is 4.75. The Morgan fingerprint density at radius 3 is 1.54 bits per heavy atom. The first-order valence-corrected chi connectivity index (χ1v) is 13.3. The van der Waals surface area contributed by atoms with E-state index in [1.807, 2.05) is 91.0 Å². The fraction of sp³-hybridized carbons (Fsp3) is 0.250. The van der Waals surface area contributed by atoms with E-state index in [0.717, 1.165) is 26.9 Å². The van der Waals surface area contributed by atoms with E-state index in [0.29, 0.717) is 35.8 Å². The molecular formula is C32H31ClO6. The maximum Gasteiger partial charge on any atom is 0.131 e. The van der Waals surface area contributed by atoms with Crippen molar-refractivity contribution in [3.8, 4) is 23.0 Å². The van der Waals surface area contributed by atoms with Crippen LogP contribution in [-0.2, 0) is 12.8 Å². The zero-order valence-electron chi connectivity index (χ0n) is 21.5. The lowest BCUT2D eigenvalue weighted by atomic mass is 9.90. The van der Waals surface area contributed by atoms with Gasteiger partial charge in [0.15, 0.2) is 0 Å². The van der Waals surface area contributed by atoms with E-state index in [9.17, 15) is 10.2 Å². The average Bonchev–Trinajstić information content (AvgIpc) is 2.97. The highest BCUT2D eigenvalue weighted by Crippen LogP contribution is 2.44. The Hall–Kier alpha value is -3.71. The van der Waals surface area contributed by atoms with Gasteiger partial charge in [0, 0.05) is 33.4 Å². The standard InChI is InChI=1S/C32H31ClO6/c33-22-15-16-29-30(17-22)32(39-21-24(35)19-37-26-11-5-2-6-12-26)28-14-8-7-13-27(28)31(29)38-20-23(34)18-36-25-9-3-1-4-10-25/h1-15,23-24,34-35H,16-21H2. The van der Waals surface area contributed by atoms with Crippen molar-refractivity contribution >= 4 is 22.4 Å². The predicted molar refractivity (Wildman–Crippen MR) is 152 cm³/mol. The minimum atomic E-state index is -0.829. The molecule has 1 aliphatic rings. The van der Waals surface area contributed by atoms with E-state index in [1.54, 1.807) is 0 Å². The van der Waals surface area contributed by atoms with E-state index in [-0.39, 0.29) is 26.4 Å². The van der Waals surface area contributed by atoms with Gasteiger partial charge in [0.2, 0.25) is 0 Å². The summed E-state index contributed by atoms with van der Waals surface area (Å²) in [4.78, 5) is 0. The second-order valence-corrected chi connectivity index (χ2v) is 9.86. The number of hydrogen-bond acceptors (Lipinski definition) is 6. The van der Waals surface area contributed by atoms with E-state index in [2.05, 4.69) is 0 Å². The van der Waals surface area contributed by atoms with Crippen LogP contribution in [0.25, 0.3) is 10.8 Å². The summed E-state index contributed by atoms with van der Waals surface area (Å²) < 4.78 is 23.8. The summed E-state index contributed by atoms with van der Waals surface area (Å²) in [6.45, 7) is 0.339. The molecule has 0 saturated carbocycles. The summed E-state index contributed by atoms with van der Waals surface area (Å²) in [5.74, 6) is 2.75. The minimum Gasteiger partial charge on any atom is -0.491 e. The number of aliphatic hydroxyl groups is 2. The van der Waals surface area contributed by atoms with Crippen molar-refractivity contribution in [2.75, 3.05) is 26.4 Å². The topological polar surface area (TPSA) is 77.4 Å². The first-order chi connectivity index (χ1) is 19.1. The molecule has 1 aliphatic carbocycles. The molecule has 7 heteroatoms. The Morgan fingerprint density at radius 1 is 0.590 bits per heavy atom. The van der Waals surface area contributed by atoms with Crippen LogP contribution in [-0.4, -0.2) is 48.8 Å². The van der Waals surface area contributed by atoms with Gasteiger partial charge in [-0.25, -0.2) is 0 Å². The van der Waals surface area contributed by atoms with Crippen molar-refractivity contribution < 1.29 is 29.2 Å². The summed E-state index contributed by atoms with van der Waals surface area (Å²) in [5.41, 5.74) is 1.88.